The highest BCUT2D eigenvalue weighted by Crippen LogP contribution is 2.26. The van der Waals surface area contributed by atoms with Crippen molar-refractivity contribution in [3.05, 3.63) is 60.1 Å². The number of fused-ring (bicyclic) bond motifs is 1. The van der Waals surface area contributed by atoms with Crippen molar-refractivity contribution in [1.82, 2.24) is 24.4 Å². The summed E-state index contributed by atoms with van der Waals surface area (Å²) in [5, 5.41) is 0. The Hall–Kier alpha value is -3.68. The molecule has 8 nitrogen and oxygen atoms in total. The summed E-state index contributed by atoms with van der Waals surface area (Å²) in [5.41, 5.74) is 9.26. The van der Waals surface area contributed by atoms with Crippen LogP contribution in [0, 0.1) is 0 Å². The van der Waals surface area contributed by atoms with Gasteiger partial charge in [0, 0.05) is 19.7 Å². The van der Waals surface area contributed by atoms with Crippen LogP contribution in [0.5, 0.6) is 0 Å². The predicted molar refractivity (Wildman–Crippen MR) is 101 cm³/mol. The van der Waals surface area contributed by atoms with E-state index in [1.165, 1.54) is 0 Å². The van der Waals surface area contributed by atoms with E-state index >= 15 is 0 Å². The van der Waals surface area contributed by atoms with Crippen molar-refractivity contribution in [2.45, 2.75) is 6.54 Å². The Labute approximate surface area is 155 Å². The molecular weight excluding hydrogens is 344 g/mol. The number of furan rings is 1. The number of benzene rings is 1. The molecule has 3 heterocycles. The molecule has 27 heavy (non-hydrogen) atoms. The highest BCUT2D eigenvalue weighted by atomic mass is 16.3. The zero-order valence-electron chi connectivity index (χ0n) is 15.0. The van der Waals surface area contributed by atoms with E-state index in [2.05, 4.69) is 15.0 Å². The number of carbonyl (C=O) groups excluding carboxylic acids is 1. The van der Waals surface area contributed by atoms with Crippen LogP contribution in [0.15, 0.2) is 53.4 Å². The first-order valence-electron chi connectivity index (χ1n) is 8.36. The van der Waals surface area contributed by atoms with Crippen LogP contribution in [-0.2, 0) is 6.54 Å². The lowest BCUT2D eigenvalue weighted by atomic mass is 10.1. The maximum atomic E-state index is 12.2. The zero-order valence-corrected chi connectivity index (χ0v) is 15.0. The lowest BCUT2D eigenvalue weighted by Gasteiger charge is -2.11. The van der Waals surface area contributed by atoms with Gasteiger partial charge in [-0.2, -0.15) is 4.98 Å². The summed E-state index contributed by atoms with van der Waals surface area (Å²) in [4.78, 5) is 26.8. The molecule has 136 valence electrons. The molecule has 0 saturated heterocycles. The smallest absolute Gasteiger partial charge is 0.253 e. The fourth-order valence-corrected chi connectivity index (χ4v) is 2.92. The minimum atomic E-state index is -0.0426. The number of anilines is 1. The van der Waals surface area contributed by atoms with Crippen molar-refractivity contribution in [1.29, 1.82) is 0 Å². The molecule has 0 spiro atoms. The lowest BCUT2D eigenvalue weighted by molar-refractivity contribution is 0.0827. The Morgan fingerprint density at radius 2 is 2.07 bits per heavy atom. The molecule has 0 aliphatic carbocycles. The van der Waals surface area contributed by atoms with Crippen molar-refractivity contribution >= 4 is 23.0 Å². The minimum absolute atomic E-state index is 0.0426. The molecule has 0 bridgehead atoms. The molecular formula is C19H18N6O2. The summed E-state index contributed by atoms with van der Waals surface area (Å²) in [5.74, 6) is 0.684. The van der Waals surface area contributed by atoms with Crippen LogP contribution in [0.25, 0.3) is 22.6 Å². The van der Waals surface area contributed by atoms with E-state index in [4.69, 9.17) is 10.2 Å². The molecule has 0 saturated carbocycles. The summed E-state index contributed by atoms with van der Waals surface area (Å²) in [6, 6.07) is 11.1. The number of nitrogens with two attached hydrogens (primary N) is 1. The van der Waals surface area contributed by atoms with Crippen molar-refractivity contribution in [3.63, 3.8) is 0 Å². The maximum Gasteiger partial charge on any atom is 0.253 e. The van der Waals surface area contributed by atoms with E-state index in [0.29, 0.717) is 34.7 Å². The molecule has 4 aromatic rings. The third-order valence-corrected chi connectivity index (χ3v) is 4.17. The Bertz CT molecular complexity index is 1110. The molecule has 8 heteroatoms. The molecule has 3 aromatic heterocycles. The van der Waals surface area contributed by atoms with Gasteiger partial charge in [-0.1, -0.05) is 12.1 Å². The molecule has 0 radical (unpaired) electrons. The summed E-state index contributed by atoms with van der Waals surface area (Å²) in [6.07, 6.45) is 3.26. The first-order valence-corrected chi connectivity index (χ1v) is 8.36. The fourth-order valence-electron chi connectivity index (χ4n) is 2.92. The van der Waals surface area contributed by atoms with E-state index < -0.39 is 0 Å². The first kappa shape index (κ1) is 16.8. The van der Waals surface area contributed by atoms with Gasteiger partial charge in [-0.05, 0) is 29.8 Å². The Morgan fingerprint density at radius 3 is 2.81 bits per heavy atom. The van der Waals surface area contributed by atoms with Gasteiger partial charge in [-0.25, -0.2) is 9.97 Å². The standard InChI is InChI=1S/C19H18N6O2/c1-24(2)18(26)13-6-3-5-12(9-13)10-25-11-21-16-15(14-7-4-8-27-14)22-19(20)23-17(16)25/h3-9,11H,10H2,1-2H3,(H2,20,22,23). The molecule has 1 aromatic carbocycles. The van der Waals surface area contributed by atoms with Crippen LogP contribution in [0.2, 0.25) is 0 Å². The molecule has 2 N–H and O–H groups in total. The average Bonchev–Trinajstić information content (AvgIpc) is 3.31. The van der Waals surface area contributed by atoms with Crippen LogP contribution >= 0.6 is 0 Å². The van der Waals surface area contributed by atoms with Gasteiger partial charge in [0.2, 0.25) is 5.95 Å². The molecule has 0 fully saturated rings. The average molecular weight is 362 g/mol. The predicted octanol–water partition coefficient (Wildman–Crippen LogP) is 2.42. The number of amides is 1. The van der Waals surface area contributed by atoms with Crippen molar-refractivity contribution < 1.29 is 9.21 Å². The molecule has 0 aliphatic rings. The summed E-state index contributed by atoms with van der Waals surface area (Å²) in [6.45, 7) is 0.499. The normalized spacial score (nSPS) is 11.0. The van der Waals surface area contributed by atoms with Crippen LogP contribution in [0.4, 0.5) is 5.95 Å². The largest absolute Gasteiger partial charge is 0.463 e. The SMILES string of the molecule is CN(C)C(=O)c1cccc(Cn2cnc3c(-c4ccco4)nc(N)nc32)c1. The van der Waals surface area contributed by atoms with Gasteiger partial charge in [-0.3, -0.25) is 4.79 Å². The molecule has 0 aliphatic heterocycles. The molecule has 0 atom stereocenters. The Kier molecular flexibility index (Phi) is 4.08. The maximum absolute atomic E-state index is 12.2. The van der Waals surface area contributed by atoms with Gasteiger partial charge >= 0.3 is 0 Å². The van der Waals surface area contributed by atoms with Gasteiger partial charge < -0.3 is 19.6 Å². The molecule has 4 rings (SSSR count). The van der Waals surface area contributed by atoms with Gasteiger partial charge in [-0.15, -0.1) is 0 Å². The number of nitrogens with zero attached hydrogens (tertiary/aromatic N) is 5. The van der Waals surface area contributed by atoms with Crippen molar-refractivity contribution in [2.24, 2.45) is 0 Å². The molecule has 0 unspecified atom stereocenters. The van der Waals surface area contributed by atoms with Gasteiger partial charge in [0.1, 0.15) is 11.2 Å². The zero-order chi connectivity index (χ0) is 19.0. The summed E-state index contributed by atoms with van der Waals surface area (Å²) in [7, 11) is 3.46. The van der Waals surface area contributed by atoms with Gasteiger partial charge in [0.25, 0.3) is 5.91 Å². The van der Waals surface area contributed by atoms with Crippen molar-refractivity contribution in [2.75, 3.05) is 19.8 Å². The highest BCUT2D eigenvalue weighted by molar-refractivity contribution is 5.94. The third-order valence-electron chi connectivity index (χ3n) is 4.17. The van der Waals surface area contributed by atoms with E-state index in [0.717, 1.165) is 5.56 Å². The van der Waals surface area contributed by atoms with Crippen LogP contribution in [0.1, 0.15) is 15.9 Å². The first-order chi connectivity index (χ1) is 13.0. The number of hydrogen-bond donors (Lipinski definition) is 1. The van der Waals surface area contributed by atoms with E-state index in [1.807, 2.05) is 22.8 Å². The highest BCUT2D eigenvalue weighted by Gasteiger charge is 2.16. The van der Waals surface area contributed by atoms with Crippen LogP contribution in [0.3, 0.4) is 0 Å². The lowest BCUT2D eigenvalue weighted by Crippen LogP contribution is -2.21. The van der Waals surface area contributed by atoms with E-state index in [1.54, 1.807) is 49.8 Å². The van der Waals surface area contributed by atoms with E-state index in [-0.39, 0.29) is 11.9 Å². The second kappa shape index (κ2) is 6.56. The quantitative estimate of drug-likeness (QED) is 0.598. The summed E-state index contributed by atoms with van der Waals surface area (Å²) < 4.78 is 7.31. The fraction of sp³-hybridized carbons (Fsp3) is 0.158. The Morgan fingerprint density at radius 1 is 1.22 bits per heavy atom. The topological polar surface area (TPSA) is 103 Å². The minimum Gasteiger partial charge on any atom is -0.463 e. The number of rotatable bonds is 4. The van der Waals surface area contributed by atoms with Crippen LogP contribution in [-0.4, -0.2) is 44.4 Å². The van der Waals surface area contributed by atoms with Gasteiger partial charge in [0.05, 0.1) is 19.1 Å². The summed E-state index contributed by atoms with van der Waals surface area (Å²) >= 11 is 0. The van der Waals surface area contributed by atoms with Crippen LogP contribution < -0.4 is 5.73 Å². The van der Waals surface area contributed by atoms with Gasteiger partial charge in [0.15, 0.2) is 11.4 Å². The second-order valence-electron chi connectivity index (χ2n) is 6.35. The number of carbonyl (C=O) groups is 1. The molecule has 1 amide bonds. The number of imidazole rings is 1. The monoisotopic (exact) mass is 362 g/mol. The number of hydrogen-bond acceptors (Lipinski definition) is 6. The second-order valence-corrected chi connectivity index (χ2v) is 6.35. The number of aromatic nitrogens is 4. The van der Waals surface area contributed by atoms with Crippen molar-refractivity contribution in [3.8, 4) is 11.5 Å². The Balaban J connectivity index is 1.74. The number of nitrogen functional groups attached to an aromatic ring is 1. The van der Waals surface area contributed by atoms with E-state index in [9.17, 15) is 4.79 Å². The third kappa shape index (κ3) is 3.12.